The molecular weight excluding hydrogens is 464 g/mol. The number of ether oxygens (including phenoxy) is 1. The molecule has 0 bridgehead atoms. The predicted molar refractivity (Wildman–Crippen MR) is 123 cm³/mol. The summed E-state index contributed by atoms with van der Waals surface area (Å²) in [7, 11) is -4.10. The van der Waals surface area contributed by atoms with E-state index in [0.717, 1.165) is 18.4 Å². The van der Waals surface area contributed by atoms with Crippen LogP contribution in [0.15, 0.2) is 63.2 Å². The summed E-state index contributed by atoms with van der Waals surface area (Å²) >= 11 is 5.92. The van der Waals surface area contributed by atoms with Crippen LogP contribution in [0, 0.1) is 12.3 Å². The Morgan fingerprint density at radius 1 is 1.21 bits per heavy atom. The summed E-state index contributed by atoms with van der Waals surface area (Å²) in [4.78, 5) is 17.8. The van der Waals surface area contributed by atoms with Gasteiger partial charge in [-0.15, -0.1) is 0 Å². The minimum Gasteiger partial charge on any atom is -0.376 e. The molecule has 4 aromatic rings. The third-order valence-electron chi connectivity index (χ3n) is 5.92. The molecule has 33 heavy (non-hydrogen) atoms. The first-order valence-electron chi connectivity index (χ1n) is 10.5. The van der Waals surface area contributed by atoms with Crippen molar-refractivity contribution in [2.45, 2.75) is 42.2 Å². The number of fused-ring (bicyclic) bond motifs is 2. The highest BCUT2D eigenvalue weighted by atomic mass is 35.5. The number of hydrogen-bond donors (Lipinski definition) is 1. The summed E-state index contributed by atoms with van der Waals surface area (Å²) in [6, 6.07) is 10.6. The zero-order chi connectivity index (χ0) is 23.3. The van der Waals surface area contributed by atoms with Crippen molar-refractivity contribution >= 4 is 38.1 Å². The number of pyridine rings is 2. The molecule has 3 aromatic heterocycles. The van der Waals surface area contributed by atoms with Crippen LogP contribution < -0.4 is 11.0 Å². The first kappa shape index (κ1) is 21.8. The average molecular weight is 485 g/mol. The monoisotopic (exact) mass is 484 g/mol. The lowest BCUT2D eigenvalue weighted by Gasteiger charge is -2.18. The topological polar surface area (TPSA) is 107 Å². The Labute approximate surface area is 194 Å². The van der Waals surface area contributed by atoms with E-state index in [0.29, 0.717) is 17.3 Å². The molecule has 170 valence electrons. The second-order valence-electron chi connectivity index (χ2n) is 8.10. The molecule has 0 radical (unpaired) electrons. The average Bonchev–Trinajstić information content (AvgIpc) is 3.30. The van der Waals surface area contributed by atoms with Crippen molar-refractivity contribution in [1.82, 2.24) is 14.0 Å². The Balaban J connectivity index is 1.86. The minimum absolute atomic E-state index is 0.00638. The van der Waals surface area contributed by atoms with Gasteiger partial charge in [0, 0.05) is 17.8 Å². The molecule has 1 N–H and O–H groups in total. The fraction of sp³-hybridized carbons (Fsp3) is 0.261. The highest BCUT2D eigenvalue weighted by Crippen LogP contribution is 2.23. The first-order valence-corrected chi connectivity index (χ1v) is 12.4. The van der Waals surface area contributed by atoms with Gasteiger partial charge in [-0.3, -0.25) is 14.6 Å². The van der Waals surface area contributed by atoms with Crippen LogP contribution in [0.4, 0.5) is 0 Å². The molecule has 0 aliphatic carbocycles. The third kappa shape index (κ3) is 3.66. The number of nitrogens with zero attached hydrogens (tertiary/aromatic N) is 3. The molecule has 10 heteroatoms. The van der Waals surface area contributed by atoms with Crippen molar-refractivity contribution in [1.29, 1.82) is 5.41 Å². The highest BCUT2D eigenvalue weighted by molar-refractivity contribution is 7.91. The largest absolute Gasteiger partial charge is 0.376 e. The quantitative estimate of drug-likeness (QED) is 0.448. The third-order valence-corrected chi connectivity index (χ3v) is 7.96. The number of aryl methyl sites for hydroxylation is 1. The number of nitrogens with one attached hydrogen (secondary N) is 1. The van der Waals surface area contributed by atoms with Gasteiger partial charge >= 0.3 is 0 Å². The van der Waals surface area contributed by atoms with E-state index in [4.69, 9.17) is 21.7 Å². The standard InChI is InChI=1S/C23H21ClN4O4S/c1-14-4-2-10-27-21(14)26-22-18(23(27)29)12-19(20(25)28(22)13-16-5-3-11-32-16)33(30,31)17-8-6-15(24)7-9-17/h2,4,6-10,12,16,25H,3,5,11,13H2,1H3/t16-/m1/s1. The Morgan fingerprint density at radius 2 is 1.97 bits per heavy atom. The van der Waals surface area contributed by atoms with Crippen LogP contribution in [-0.4, -0.2) is 35.1 Å². The summed E-state index contributed by atoms with van der Waals surface area (Å²) < 4.78 is 35.6. The molecule has 0 unspecified atom stereocenters. The van der Waals surface area contributed by atoms with Gasteiger partial charge in [-0.05, 0) is 61.7 Å². The van der Waals surface area contributed by atoms with E-state index >= 15 is 0 Å². The van der Waals surface area contributed by atoms with E-state index in [2.05, 4.69) is 4.98 Å². The number of rotatable bonds is 4. The second kappa shape index (κ2) is 8.09. The van der Waals surface area contributed by atoms with E-state index < -0.39 is 15.4 Å². The van der Waals surface area contributed by atoms with E-state index in [1.165, 1.54) is 39.3 Å². The predicted octanol–water partition coefficient (Wildman–Crippen LogP) is 3.10. The van der Waals surface area contributed by atoms with Gasteiger partial charge in [0.15, 0.2) is 0 Å². The lowest BCUT2D eigenvalue weighted by Crippen LogP contribution is -2.33. The number of benzene rings is 1. The Morgan fingerprint density at radius 3 is 2.67 bits per heavy atom. The molecule has 1 aliphatic rings. The van der Waals surface area contributed by atoms with E-state index in [9.17, 15) is 13.2 Å². The first-order chi connectivity index (χ1) is 15.8. The minimum atomic E-state index is -4.10. The van der Waals surface area contributed by atoms with Gasteiger partial charge in [0.25, 0.3) is 5.56 Å². The molecule has 1 aromatic carbocycles. The summed E-state index contributed by atoms with van der Waals surface area (Å²) in [5.41, 5.74) is 0.892. The van der Waals surface area contributed by atoms with Gasteiger partial charge in [0.2, 0.25) is 9.84 Å². The van der Waals surface area contributed by atoms with Crippen molar-refractivity contribution in [3.05, 3.63) is 75.1 Å². The highest BCUT2D eigenvalue weighted by Gasteiger charge is 2.26. The van der Waals surface area contributed by atoms with Crippen LogP contribution in [-0.2, 0) is 21.1 Å². The van der Waals surface area contributed by atoms with E-state index in [1.54, 1.807) is 12.3 Å². The van der Waals surface area contributed by atoms with Crippen molar-refractivity contribution in [3.8, 4) is 0 Å². The zero-order valence-corrected chi connectivity index (χ0v) is 19.4. The summed E-state index contributed by atoms with van der Waals surface area (Å²) in [6.07, 6.45) is 3.09. The number of aromatic nitrogens is 3. The van der Waals surface area contributed by atoms with Crippen molar-refractivity contribution in [2.75, 3.05) is 6.61 Å². The fourth-order valence-electron chi connectivity index (χ4n) is 4.19. The molecule has 1 atom stereocenters. The normalized spacial score (nSPS) is 16.6. The molecular formula is C23H21ClN4O4S. The number of sulfone groups is 1. The van der Waals surface area contributed by atoms with Crippen LogP contribution in [0.25, 0.3) is 16.7 Å². The van der Waals surface area contributed by atoms with Crippen molar-refractivity contribution in [3.63, 3.8) is 0 Å². The maximum absolute atomic E-state index is 13.5. The molecule has 0 amide bonds. The van der Waals surface area contributed by atoms with Crippen molar-refractivity contribution < 1.29 is 13.2 Å². The molecule has 1 saturated heterocycles. The number of hydrogen-bond acceptors (Lipinski definition) is 6. The molecule has 1 fully saturated rings. The van der Waals surface area contributed by atoms with Crippen LogP contribution >= 0.6 is 11.6 Å². The second-order valence-corrected chi connectivity index (χ2v) is 10.5. The Kier molecular flexibility index (Phi) is 5.35. The molecule has 0 saturated carbocycles. The molecule has 4 heterocycles. The lowest BCUT2D eigenvalue weighted by atomic mass is 10.2. The molecule has 5 rings (SSSR count). The van der Waals surface area contributed by atoms with Crippen LogP contribution in [0.1, 0.15) is 18.4 Å². The maximum atomic E-state index is 13.5. The van der Waals surface area contributed by atoms with Gasteiger partial charge in [0.05, 0.1) is 22.9 Å². The Bertz CT molecular complexity index is 1620. The van der Waals surface area contributed by atoms with Gasteiger partial charge < -0.3 is 9.30 Å². The summed E-state index contributed by atoms with van der Waals surface area (Å²) in [6.45, 7) is 2.68. The molecule has 8 nitrogen and oxygen atoms in total. The fourth-order valence-corrected chi connectivity index (χ4v) is 5.70. The van der Waals surface area contributed by atoms with Gasteiger partial charge in [0.1, 0.15) is 21.7 Å². The molecule has 1 aliphatic heterocycles. The SMILES string of the molecule is Cc1cccn2c(=O)c3cc(S(=O)(=O)c4ccc(Cl)cc4)c(=N)n(C[C@H]4CCCO4)c3nc12. The maximum Gasteiger partial charge on any atom is 0.267 e. The van der Waals surface area contributed by atoms with E-state index in [1.807, 2.05) is 13.0 Å². The summed E-state index contributed by atoms with van der Waals surface area (Å²) in [5, 5.41) is 9.35. The number of halogens is 1. The van der Waals surface area contributed by atoms with Crippen molar-refractivity contribution in [2.24, 2.45) is 0 Å². The zero-order valence-electron chi connectivity index (χ0n) is 17.8. The van der Waals surface area contributed by atoms with E-state index in [-0.39, 0.29) is 39.0 Å². The summed E-state index contributed by atoms with van der Waals surface area (Å²) in [5.74, 6) is 0. The smallest absolute Gasteiger partial charge is 0.267 e. The van der Waals surface area contributed by atoms with Crippen LogP contribution in [0.3, 0.4) is 0 Å². The van der Waals surface area contributed by atoms with Gasteiger partial charge in [-0.1, -0.05) is 17.7 Å². The van der Waals surface area contributed by atoms with Crippen LogP contribution in [0.2, 0.25) is 5.02 Å². The molecule has 0 spiro atoms. The Hall–Kier alpha value is -3.01. The van der Waals surface area contributed by atoms with Gasteiger partial charge in [-0.2, -0.15) is 0 Å². The lowest BCUT2D eigenvalue weighted by molar-refractivity contribution is 0.0965. The van der Waals surface area contributed by atoms with Gasteiger partial charge in [-0.25, -0.2) is 13.4 Å². The van der Waals surface area contributed by atoms with Crippen LogP contribution in [0.5, 0.6) is 0 Å².